The van der Waals surface area contributed by atoms with Crippen LogP contribution in [0.2, 0.25) is 0 Å². The third-order valence-corrected chi connectivity index (χ3v) is 13.8. The minimum atomic E-state index is -0.991. The van der Waals surface area contributed by atoms with E-state index in [0.29, 0.717) is 60.1 Å². The molecular formula is C47H54N12O4. The molecule has 7 heterocycles. The summed E-state index contributed by atoms with van der Waals surface area (Å²) < 4.78 is 5.12. The van der Waals surface area contributed by atoms with Crippen LogP contribution in [-0.2, 0) is 35.2 Å². The van der Waals surface area contributed by atoms with E-state index in [1.165, 1.54) is 11.4 Å². The SMILES string of the molecule is C=CCn1c(=O)c2cnc(Nc3ccc(N4CCN(CC5CCN(c6ccc7c(C8CCC(=O)NC8=O)nn(C)c7c6)CC5)CC4)cc3)nc2n1-c1ccc2c(n1)[C@@](O)(CC)CC2. The third-order valence-electron chi connectivity index (χ3n) is 13.8. The molecule has 0 spiro atoms. The number of aliphatic hydroxyl groups is 1. The number of piperazine rings is 1. The van der Waals surface area contributed by atoms with E-state index in [9.17, 15) is 19.5 Å². The van der Waals surface area contributed by atoms with Gasteiger partial charge in [0.05, 0.1) is 29.4 Å². The fourth-order valence-electron chi connectivity index (χ4n) is 10.1. The molecule has 16 nitrogen and oxygen atoms in total. The van der Waals surface area contributed by atoms with E-state index in [1.807, 2.05) is 42.9 Å². The number of piperidine rings is 2. The lowest BCUT2D eigenvalue weighted by atomic mass is 9.92. The van der Waals surface area contributed by atoms with Gasteiger partial charge in [-0.2, -0.15) is 10.1 Å². The lowest BCUT2D eigenvalue weighted by Gasteiger charge is -2.40. The van der Waals surface area contributed by atoms with Crippen LogP contribution in [0.5, 0.6) is 0 Å². The summed E-state index contributed by atoms with van der Waals surface area (Å²) >= 11 is 0. The van der Waals surface area contributed by atoms with Crippen LogP contribution in [0.1, 0.15) is 68.3 Å². The van der Waals surface area contributed by atoms with Crippen molar-refractivity contribution in [3.8, 4) is 5.82 Å². The number of carbonyl (C=O) groups is 2. The summed E-state index contributed by atoms with van der Waals surface area (Å²) in [6, 6.07) is 18.6. The molecule has 4 aliphatic rings. The number of rotatable bonds is 11. The Bertz CT molecular complexity index is 2790. The number of aryl methyl sites for hydroxylation is 2. The summed E-state index contributed by atoms with van der Waals surface area (Å²) in [4.78, 5) is 59.6. The predicted octanol–water partition coefficient (Wildman–Crippen LogP) is 4.90. The van der Waals surface area contributed by atoms with Gasteiger partial charge in [-0.25, -0.2) is 19.3 Å². The second kappa shape index (κ2) is 16.4. The van der Waals surface area contributed by atoms with Gasteiger partial charge < -0.3 is 20.2 Å². The number of hydrogen-bond acceptors (Lipinski definition) is 12. The molecule has 2 amide bonds. The third kappa shape index (κ3) is 7.54. The molecule has 0 bridgehead atoms. The van der Waals surface area contributed by atoms with Crippen molar-refractivity contribution in [3.63, 3.8) is 0 Å². The van der Waals surface area contributed by atoms with Crippen LogP contribution in [0.4, 0.5) is 23.0 Å². The molecule has 1 aliphatic carbocycles. The maximum atomic E-state index is 13.6. The quantitative estimate of drug-likeness (QED) is 0.119. The van der Waals surface area contributed by atoms with Crippen molar-refractivity contribution >= 4 is 56.8 Å². The van der Waals surface area contributed by atoms with Crippen molar-refractivity contribution in [2.45, 2.75) is 69.9 Å². The Morgan fingerprint density at radius 3 is 2.41 bits per heavy atom. The summed E-state index contributed by atoms with van der Waals surface area (Å²) in [5.74, 6) is 0.653. The summed E-state index contributed by atoms with van der Waals surface area (Å²) in [6.07, 6.45) is 8.29. The van der Waals surface area contributed by atoms with Gasteiger partial charge >= 0.3 is 0 Å². The van der Waals surface area contributed by atoms with E-state index in [1.54, 1.807) is 21.6 Å². The van der Waals surface area contributed by atoms with Gasteiger partial charge in [0, 0.05) is 87.9 Å². The lowest BCUT2D eigenvalue weighted by molar-refractivity contribution is -0.134. The highest BCUT2D eigenvalue weighted by atomic mass is 16.3. The molecule has 6 aromatic rings. The second-order valence-electron chi connectivity index (χ2n) is 17.6. The maximum absolute atomic E-state index is 13.6. The first kappa shape index (κ1) is 40.7. The van der Waals surface area contributed by atoms with Crippen LogP contribution < -0.4 is 26.0 Å². The van der Waals surface area contributed by atoms with Crippen molar-refractivity contribution in [1.29, 1.82) is 0 Å². The van der Waals surface area contributed by atoms with Gasteiger partial charge in [-0.15, -0.1) is 6.58 Å². The Kier molecular flexibility index (Phi) is 10.6. The van der Waals surface area contributed by atoms with Crippen LogP contribution >= 0.6 is 0 Å². The maximum Gasteiger partial charge on any atom is 0.278 e. The molecule has 63 heavy (non-hydrogen) atoms. The van der Waals surface area contributed by atoms with Crippen LogP contribution in [-0.4, -0.2) is 102 Å². The molecule has 2 aromatic carbocycles. The van der Waals surface area contributed by atoms with Gasteiger partial charge in [0.15, 0.2) is 11.5 Å². The summed E-state index contributed by atoms with van der Waals surface area (Å²) in [6.45, 7) is 13.2. The van der Waals surface area contributed by atoms with Crippen molar-refractivity contribution in [1.82, 2.24) is 44.3 Å². The Morgan fingerprint density at radius 2 is 1.67 bits per heavy atom. The summed E-state index contributed by atoms with van der Waals surface area (Å²) in [5.41, 5.74) is 5.83. The average Bonchev–Trinajstić information content (AvgIpc) is 3.91. The molecule has 4 aromatic heterocycles. The molecule has 0 saturated carbocycles. The molecule has 10 rings (SSSR count). The van der Waals surface area contributed by atoms with E-state index in [4.69, 9.17) is 15.1 Å². The zero-order chi connectivity index (χ0) is 43.4. The van der Waals surface area contributed by atoms with E-state index in [-0.39, 0.29) is 23.9 Å². The number of aromatic nitrogens is 7. The number of nitrogens with zero attached hydrogens (tertiary/aromatic N) is 10. The standard InChI is InChI=1S/C47H54N12O4/c1-4-20-58-45(62)37-28-48-46(52-43(37)59(58)39-14-6-31-16-19-47(63,5-2)42(31)50-39)49-32-7-9-33(10-8-32)57-25-23-55(24-26-57)29-30-17-21-56(22-18-30)34-11-12-35-38(27-34)54(3)53-41(35)36-13-15-40(60)51-44(36)61/h4,6-12,14,27-28,30,36,63H,1,5,13,15-26,29H2,2-3H3,(H,48,49,52)(H,51,60,61)/t36?,47-/m1/s1. The highest BCUT2D eigenvalue weighted by Crippen LogP contribution is 2.39. The molecule has 16 heteroatoms. The van der Waals surface area contributed by atoms with Crippen LogP contribution in [0.3, 0.4) is 0 Å². The van der Waals surface area contributed by atoms with Crippen molar-refractivity contribution in [3.05, 3.63) is 101 Å². The van der Waals surface area contributed by atoms with E-state index in [0.717, 1.165) is 92.9 Å². The number of anilines is 4. The number of benzene rings is 2. The first-order chi connectivity index (χ1) is 30.6. The topological polar surface area (TPSA) is 172 Å². The minimum absolute atomic E-state index is 0.213. The van der Waals surface area contributed by atoms with Gasteiger partial charge in [0.2, 0.25) is 17.8 Å². The Balaban J connectivity index is 0.744. The number of fused-ring (bicyclic) bond motifs is 3. The fourth-order valence-corrected chi connectivity index (χ4v) is 10.1. The molecule has 3 saturated heterocycles. The Labute approximate surface area is 365 Å². The number of nitrogens with one attached hydrogen (secondary N) is 2. The van der Waals surface area contributed by atoms with Gasteiger partial charge in [-0.05, 0) is 98.5 Å². The highest BCUT2D eigenvalue weighted by Gasteiger charge is 2.37. The molecule has 0 radical (unpaired) electrons. The first-order valence-electron chi connectivity index (χ1n) is 22.3. The number of imide groups is 1. The van der Waals surface area contributed by atoms with Crippen molar-refractivity contribution < 1.29 is 14.7 Å². The van der Waals surface area contributed by atoms with Gasteiger partial charge in [-0.1, -0.05) is 19.1 Å². The van der Waals surface area contributed by atoms with E-state index in [2.05, 4.69) is 67.2 Å². The molecule has 3 N–H and O–H groups in total. The molecule has 3 aliphatic heterocycles. The summed E-state index contributed by atoms with van der Waals surface area (Å²) in [5, 5.41) is 23.2. The average molecular weight is 851 g/mol. The van der Waals surface area contributed by atoms with Crippen molar-refractivity contribution in [2.75, 3.05) is 60.9 Å². The van der Waals surface area contributed by atoms with Gasteiger partial charge in [0.1, 0.15) is 11.0 Å². The number of pyridine rings is 1. The Hall–Kier alpha value is -6.39. The number of hydrogen-bond donors (Lipinski definition) is 3. The predicted molar refractivity (Wildman–Crippen MR) is 243 cm³/mol. The monoisotopic (exact) mass is 850 g/mol. The normalized spacial score (nSPS) is 21.0. The zero-order valence-corrected chi connectivity index (χ0v) is 36.0. The number of amides is 2. The van der Waals surface area contributed by atoms with E-state index >= 15 is 0 Å². The second-order valence-corrected chi connectivity index (χ2v) is 17.6. The number of allylic oxidation sites excluding steroid dienone is 1. The van der Waals surface area contributed by atoms with Gasteiger partial charge in [-0.3, -0.25) is 29.3 Å². The van der Waals surface area contributed by atoms with E-state index < -0.39 is 11.5 Å². The lowest BCUT2D eigenvalue weighted by Crippen LogP contribution is -2.49. The summed E-state index contributed by atoms with van der Waals surface area (Å²) in [7, 11) is 1.92. The van der Waals surface area contributed by atoms with Crippen LogP contribution in [0, 0.1) is 5.92 Å². The van der Waals surface area contributed by atoms with Crippen molar-refractivity contribution in [2.24, 2.45) is 13.0 Å². The van der Waals surface area contributed by atoms with Crippen LogP contribution in [0.25, 0.3) is 27.8 Å². The minimum Gasteiger partial charge on any atom is -0.384 e. The molecular weight excluding hydrogens is 797 g/mol. The smallest absolute Gasteiger partial charge is 0.278 e. The molecule has 2 atom stereocenters. The molecule has 326 valence electrons. The number of carbonyl (C=O) groups excluding carboxylic acids is 2. The first-order valence-corrected chi connectivity index (χ1v) is 22.3. The molecule has 3 fully saturated rings. The molecule has 1 unspecified atom stereocenters. The fraction of sp³-hybridized carbons (Fsp3) is 0.426. The highest BCUT2D eigenvalue weighted by molar-refractivity contribution is 6.02. The largest absolute Gasteiger partial charge is 0.384 e. The zero-order valence-electron chi connectivity index (χ0n) is 36.0. The Morgan fingerprint density at radius 1 is 0.905 bits per heavy atom. The van der Waals surface area contributed by atoms with Crippen LogP contribution in [0.15, 0.2) is 78.2 Å². The van der Waals surface area contributed by atoms with Gasteiger partial charge in [0.25, 0.3) is 5.56 Å².